The lowest BCUT2D eigenvalue weighted by molar-refractivity contribution is -0.141. The van der Waals surface area contributed by atoms with Gasteiger partial charge in [0.25, 0.3) is 5.88 Å². The summed E-state index contributed by atoms with van der Waals surface area (Å²) in [5.41, 5.74) is -2.41. The number of nitrogens with zero attached hydrogens (tertiary/aromatic N) is 4. The summed E-state index contributed by atoms with van der Waals surface area (Å²) in [6.45, 7) is 0. The van der Waals surface area contributed by atoms with Gasteiger partial charge in [0.1, 0.15) is 11.5 Å². The second kappa shape index (κ2) is 7.64. The molecule has 0 radical (unpaired) electrons. The molecule has 7 nitrogen and oxygen atoms in total. The van der Waals surface area contributed by atoms with Crippen molar-refractivity contribution in [1.82, 2.24) is 19.5 Å². The van der Waals surface area contributed by atoms with E-state index < -0.39 is 17.5 Å². The molecule has 4 rings (SSSR count). The summed E-state index contributed by atoms with van der Waals surface area (Å²) in [4.78, 5) is 11.9. The fourth-order valence-corrected chi connectivity index (χ4v) is 3.71. The third-order valence-corrected chi connectivity index (χ3v) is 5.48. The van der Waals surface area contributed by atoms with E-state index >= 15 is 0 Å². The maximum absolute atomic E-state index is 13.0. The Hall–Kier alpha value is -3.37. The minimum Gasteiger partial charge on any atom is -0.502 e. The molecule has 2 N–H and O–H groups in total. The number of ether oxygens (including phenoxy) is 1. The minimum absolute atomic E-state index is 0.0542. The number of aliphatic hydroxyl groups is 1. The van der Waals surface area contributed by atoms with E-state index in [2.05, 4.69) is 15.0 Å². The minimum atomic E-state index is -4.63. The number of methoxy groups -OCH3 is 1. The lowest BCUT2D eigenvalue weighted by Gasteiger charge is -2.29. The summed E-state index contributed by atoms with van der Waals surface area (Å²) in [6, 6.07) is 6.49. The van der Waals surface area contributed by atoms with Crippen LogP contribution in [0.3, 0.4) is 0 Å². The highest BCUT2D eigenvalue weighted by Crippen LogP contribution is 2.42. The van der Waals surface area contributed by atoms with Crippen molar-refractivity contribution >= 4 is 22.5 Å². The number of benzene rings is 1. The maximum atomic E-state index is 13.0. The van der Waals surface area contributed by atoms with E-state index in [0.29, 0.717) is 10.9 Å². The first-order valence-corrected chi connectivity index (χ1v) is 9.55. The highest BCUT2D eigenvalue weighted by molar-refractivity contribution is 6.37. The number of aryl methyl sites for hydroxylation is 1. The quantitative estimate of drug-likeness (QED) is 0.473. The summed E-state index contributed by atoms with van der Waals surface area (Å²) in [5, 5.41) is 22.3. The number of hydrogen-bond donors (Lipinski definition) is 2. The molecule has 0 aliphatic rings. The SMILES string of the molecule is COc1nc2ccc(C(O)(c3ccc(C(F)(F)F)nc3)c3nccn3C)cc2c(Cl)c1O. The molecule has 0 saturated carbocycles. The Bertz CT molecular complexity index is 1310. The van der Waals surface area contributed by atoms with Crippen LogP contribution in [0.5, 0.6) is 11.6 Å². The van der Waals surface area contributed by atoms with Gasteiger partial charge in [-0.2, -0.15) is 13.2 Å². The van der Waals surface area contributed by atoms with Crippen molar-refractivity contribution in [2.24, 2.45) is 7.05 Å². The van der Waals surface area contributed by atoms with Crippen molar-refractivity contribution < 1.29 is 28.1 Å². The molecule has 166 valence electrons. The molecule has 1 unspecified atom stereocenters. The van der Waals surface area contributed by atoms with Crippen LogP contribution in [0.4, 0.5) is 13.2 Å². The molecule has 1 aromatic carbocycles. The van der Waals surface area contributed by atoms with Gasteiger partial charge < -0.3 is 19.5 Å². The molecule has 0 amide bonds. The van der Waals surface area contributed by atoms with E-state index in [4.69, 9.17) is 16.3 Å². The van der Waals surface area contributed by atoms with Crippen molar-refractivity contribution in [3.63, 3.8) is 0 Å². The predicted octanol–water partition coefficient (Wildman–Crippen LogP) is 4.03. The number of alkyl halides is 3. The number of rotatable bonds is 4. The summed E-state index contributed by atoms with van der Waals surface area (Å²) in [5.74, 6) is -0.308. The van der Waals surface area contributed by atoms with E-state index in [0.717, 1.165) is 18.3 Å². The second-order valence-electron chi connectivity index (χ2n) is 7.02. The van der Waals surface area contributed by atoms with Crippen LogP contribution in [0, 0.1) is 0 Å². The van der Waals surface area contributed by atoms with Crippen molar-refractivity contribution in [3.8, 4) is 11.6 Å². The summed E-state index contributed by atoms with van der Waals surface area (Å²) in [7, 11) is 2.97. The van der Waals surface area contributed by atoms with Gasteiger partial charge in [-0.25, -0.2) is 9.97 Å². The zero-order valence-corrected chi connectivity index (χ0v) is 17.5. The zero-order chi connectivity index (χ0) is 23.3. The van der Waals surface area contributed by atoms with Crippen LogP contribution in [-0.4, -0.2) is 36.8 Å². The topological polar surface area (TPSA) is 93.3 Å². The van der Waals surface area contributed by atoms with E-state index in [1.807, 2.05) is 0 Å². The number of fused-ring (bicyclic) bond motifs is 1. The number of aromatic nitrogens is 4. The number of aromatic hydroxyl groups is 1. The van der Waals surface area contributed by atoms with E-state index in [1.165, 1.54) is 30.0 Å². The molecular formula is C21H16ClF3N4O3. The molecule has 0 aliphatic heterocycles. The number of pyridine rings is 2. The van der Waals surface area contributed by atoms with Crippen LogP contribution >= 0.6 is 11.6 Å². The van der Waals surface area contributed by atoms with Crippen molar-refractivity contribution in [3.05, 3.63) is 76.6 Å². The molecule has 0 fully saturated rings. The van der Waals surface area contributed by atoms with Crippen molar-refractivity contribution in [2.45, 2.75) is 11.8 Å². The average Bonchev–Trinajstić information content (AvgIpc) is 3.21. The van der Waals surface area contributed by atoms with Gasteiger partial charge in [-0.15, -0.1) is 0 Å². The fourth-order valence-electron chi connectivity index (χ4n) is 3.48. The lowest BCUT2D eigenvalue weighted by Crippen LogP contribution is -2.32. The van der Waals surface area contributed by atoms with Gasteiger partial charge >= 0.3 is 6.18 Å². The Morgan fingerprint density at radius 1 is 1.09 bits per heavy atom. The first kappa shape index (κ1) is 21.8. The second-order valence-corrected chi connectivity index (χ2v) is 7.40. The van der Waals surface area contributed by atoms with Crippen LogP contribution in [0.2, 0.25) is 5.02 Å². The van der Waals surface area contributed by atoms with Gasteiger partial charge in [-0.1, -0.05) is 23.7 Å². The van der Waals surface area contributed by atoms with Gasteiger partial charge in [0.05, 0.1) is 17.6 Å². The van der Waals surface area contributed by atoms with E-state index in [9.17, 15) is 23.4 Å². The summed E-state index contributed by atoms with van der Waals surface area (Å²) >= 11 is 6.30. The highest BCUT2D eigenvalue weighted by Gasteiger charge is 2.40. The third kappa shape index (κ3) is 3.41. The largest absolute Gasteiger partial charge is 0.502 e. The Morgan fingerprint density at radius 2 is 1.81 bits per heavy atom. The lowest BCUT2D eigenvalue weighted by atomic mass is 9.85. The van der Waals surface area contributed by atoms with Gasteiger partial charge in [0.15, 0.2) is 11.4 Å². The number of imidazole rings is 1. The van der Waals surface area contributed by atoms with Crippen LogP contribution in [0.1, 0.15) is 22.6 Å². The van der Waals surface area contributed by atoms with E-state index in [1.54, 1.807) is 19.3 Å². The van der Waals surface area contributed by atoms with Crippen molar-refractivity contribution in [1.29, 1.82) is 0 Å². The average molecular weight is 465 g/mol. The van der Waals surface area contributed by atoms with Gasteiger partial charge in [-0.3, -0.25) is 4.98 Å². The molecule has 1 atom stereocenters. The third-order valence-electron chi connectivity index (χ3n) is 5.09. The van der Waals surface area contributed by atoms with Crippen LogP contribution in [0.15, 0.2) is 48.9 Å². The Balaban J connectivity index is 1.97. The molecular weight excluding hydrogens is 449 g/mol. The first-order chi connectivity index (χ1) is 15.1. The van der Waals surface area contributed by atoms with Crippen LogP contribution < -0.4 is 4.74 Å². The normalized spacial score (nSPS) is 13.8. The summed E-state index contributed by atoms with van der Waals surface area (Å²) in [6.07, 6.45) is -0.639. The number of hydrogen-bond acceptors (Lipinski definition) is 6. The van der Waals surface area contributed by atoms with Crippen molar-refractivity contribution in [2.75, 3.05) is 7.11 Å². The Kier molecular flexibility index (Phi) is 5.22. The fraction of sp³-hybridized carbons (Fsp3) is 0.190. The van der Waals surface area contributed by atoms with E-state index in [-0.39, 0.29) is 33.6 Å². The molecule has 3 heterocycles. The van der Waals surface area contributed by atoms with Gasteiger partial charge in [0, 0.05) is 36.6 Å². The Labute approximate surface area is 184 Å². The molecule has 4 aromatic rings. The first-order valence-electron chi connectivity index (χ1n) is 9.18. The molecule has 32 heavy (non-hydrogen) atoms. The Morgan fingerprint density at radius 3 is 2.38 bits per heavy atom. The molecule has 0 spiro atoms. The molecule has 0 aliphatic carbocycles. The maximum Gasteiger partial charge on any atom is 0.433 e. The monoisotopic (exact) mass is 464 g/mol. The van der Waals surface area contributed by atoms with Crippen LogP contribution in [0.25, 0.3) is 10.9 Å². The zero-order valence-electron chi connectivity index (χ0n) is 16.7. The number of halogens is 4. The standard InChI is InChI=1S/C21H16ClF3N4O3/c1-29-8-7-26-19(29)20(31,12-4-6-15(27-10-12)21(23,24)25)11-3-5-14-13(9-11)16(22)17(30)18(28-14)32-2/h3-10,30-31H,1-2H3. The predicted molar refractivity (Wildman–Crippen MR) is 110 cm³/mol. The molecule has 3 aromatic heterocycles. The van der Waals surface area contributed by atoms with Gasteiger partial charge in [0.2, 0.25) is 0 Å². The molecule has 0 saturated heterocycles. The smallest absolute Gasteiger partial charge is 0.433 e. The van der Waals surface area contributed by atoms with Gasteiger partial charge in [-0.05, 0) is 23.8 Å². The highest BCUT2D eigenvalue weighted by atomic mass is 35.5. The molecule has 0 bridgehead atoms. The molecule has 11 heteroatoms. The summed E-state index contributed by atoms with van der Waals surface area (Å²) < 4.78 is 45.5. The van der Waals surface area contributed by atoms with Crippen LogP contribution in [-0.2, 0) is 18.8 Å².